The van der Waals surface area contributed by atoms with Gasteiger partial charge in [-0.3, -0.25) is 0 Å². The molecule has 0 saturated carbocycles. The molecule has 0 aromatic heterocycles. The molecule has 1 N–H and O–H groups in total. The van der Waals surface area contributed by atoms with E-state index in [1.54, 1.807) is 6.08 Å². The van der Waals surface area contributed by atoms with E-state index < -0.39 is 11.6 Å². The zero-order valence-corrected chi connectivity index (χ0v) is 13.3. The summed E-state index contributed by atoms with van der Waals surface area (Å²) in [6, 6.07) is 10.3. The van der Waals surface area contributed by atoms with Crippen LogP contribution >= 0.6 is 0 Å². The molecule has 0 aliphatic carbocycles. The second kappa shape index (κ2) is 8.63. The number of esters is 1. The highest BCUT2D eigenvalue weighted by Crippen LogP contribution is 2.12. The lowest BCUT2D eigenvalue weighted by Gasteiger charge is -2.20. The Morgan fingerprint density at radius 3 is 2.43 bits per heavy atom. The van der Waals surface area contributed by atoms with E-state index in [1.165, 1.54) is 5.56 Å². The van der Waals surface area contributed by atoms with Crippen molar-refractivity contribution >= 4 is 5.97 Å². The minimum absolute atomic E-state index is 0.270. The van der Waals surface area contributed by atoms with Crippen LogP contribution in [0.4, 0.5) is 0 Å². The number of rotatable bonds is 7. The molecule has 0 unspecified atom stereocenters. The molecule has 3 heteroatoms. The highest BCUT2D eigenvalue weighted by Gasteiger charge is 2.18. The van der Waals surface area contributed by atoms with Crippen molar-refractivity contribution in [1.82, 2.24) is 0 Å². The first-order chi connectivity index (χ1) is 9.92. The molecule has 0 bridgehead atoms. The number of aryl methyl sites for hydroxylation is 1. The Hall–Kier alpha value is -1.61. The summed E-state index contributed by atoms with van der Waals surface area (Å²) in [5.41, 5.74) is 1.15. The Bertz CT molecular complexity index is 455. The fraction of sp³-hybridized carbons (Fsp3) is 0.500. The largest absolute Gasteiger partial charge is 0.457 e. The summed E-state index contributed by atoms with van der Waals surface area (Å²) >= 11 is 0. The summed E-state index contributed by atoms with van der Waals surface area (Å²) in [7, 11) is 0. The maximum atomic E-state index is 11.8. The third-order valence-corrected chi connectivity index (χ3v) is 2.98. The lowest BCUT2D eigenvalue weighted by molar-refractivity contribution is -0.150. The number of carbonyl (C=O) groups is 1. The van der Waals surface area contributed by atoms with Crippen LogP contribution in [0.1, 0.15) is 45.6 Å². The Labute approximate surface area is 127 Å². The summed E-state index contributed by atoms with van der Waals surface area (Å²) in [5, 5.41) is 9.26. The molecule has 0 radical (unpaired) electrons. The van der Waals surface area contributed by atoms with Crippen LogP contribution in [-0.2, 0) is 16.0 Å². The van der Waals surface area contributed by atoms with E-state index in [0.717, 1.165) is 25.7 Å². The Kier molecular flexibility index (Phi) is 7.17. The number of carbonyl (C=O) groups excluding carboxylic acids is 1. The highest BCUT2D eigenvalue weighted by atomic mass is 16.6. The molecule has 0 atom stereocenters. The molecule has 0 aliphatic heterocycles. The molecule has 1 aromatic carbocycles. The van der Waals surface area contributed by atoms with E-state index in [2.05, 4.69) is 12.1 Å². The molecule has 1 aromatic rings. The van der Waals surface area contributed by atoms with E-state index in [-0.39, 0.29) is 6.61 Å². The monoisotopic (exact) mass is 290 g/mol. The van der Waals surface area contributed by atoms with Gasteiger partial charge in [0, 0.05) is 0 Å². The number of ether oxygens (including phenoxy) is 1. The minimum Gasteiger partial charge on any atom is -0.457 e. The minimum atomic E-state index is -0.529. The Morgan fingerprint density at radius 1 is 1.19 bits per heavy atom. The van der Waals surface area contributed by atoms with Crippen LogP contribution in [0, 0.1) is 0 Å². The molecular formula is C18H26O3. The van der Waals surface area contributed by atoms with Gasteiger partial charge in [0.05, 0.1) is 12.2 Å². The molecule has 0 fully saturated rings. The van der Waals surface area contributed by atoms with Crippen molar-refractivity contribution in [2.45, 2.75) is 52.1 Å². The van der Waals surface area contributed by atoms with E-state index in [4.69, 9.17) is 4.74 Å². The summed E-state index contributed by atoms with van der Waals surface area (Å²) in [4.78, 5) is 11.8. The molecule has 1 rings (SSSR count). The first-order valence-corrected chi connectivity index (χ1v) is 7.49. The maximum absolute atomic E-state index is 11.8. The second-order valence-electron chi connectivity index (χ2n) is 6.12. The third kappa shape index (κ3) is 7.66. The van der Waals surface area contributed by atoms with Gasteiger partial charge in [-0.2, -0.15) is 0 Å². The van der Waals surface area contributed by atoms with Crippen LogP contribution in [0.2, 0.25) is 0 Å². The molecule has 0 aliphatic rings. The molecule has 3 nitrogen and oxygen atoms in total. The summed E-state index contributed by atoms with van der Waals surface area (Å²) in [6.45, 7) is 5.19. The molecular weight excluding hydrogens is 264 g/mol. The fourth-order valence-electron chi connectivity index (χ4n) is 1.95. The highest BCUT2D eigenvalue weighted by molar-refractivity contribution is 5.88. The Morgan fingerprint density at radius 2 is 1.86 bits per heavy atom. The molecule has 116 valence electrons. The second-order valence-corrected chi connectivity index (χ2v) is 6.12. The van der Waals surface area contributed by atoms with Crippen molar-refractivity contribution in [3.8, 4) is 0 Å². The van der Waals surface area contributed by atoms with Gasteiger partial charge in [0.1, 0.15) is 5.60 Å². The number of hydrogen-bond donors (Lipinski definition) is 1. The lowest BCUT2D eigenvalue weighted by Crippen LogP contribution is -2.25. The van der Waals surface area contributed by atoms with Crippen molar-refractivity contribution in [1.29, 1.82) is 0 Å². The van der Waals surface area contributed by atoms with E-state index in [9.17, 15) is 9.90 Å². The van der Waals surface area contributed by atoms with Crippen LogP contribution in [0.25, 0.3) is 0 Å². The van der Waals surface area contributed by atoms with Gasteiger partial charge in [-0.1, -0.05) is 36.4 Å². The quantitative estimate of drug-likeness (QED) is 0.473. The average Bonchev–Trinajstić information content (AvgIpc) is 2.42. The number of unbranched alkanes of at least 4 members (excludes halogenated alkanes) is 2. The van der Waals surface area contributed by atoms with Gasteiger partial charge in [-0.05, 0) is 52.0 Å². The van der Waals surface area contributed by atoms with Crippen molar-refractivity contribution < 1.29 is 14.6 Å². The molecule has 0 amide bonds. The summed E-state index contributed by atoms with van der Waals surface area (Å²) < 4.78 is 5.25. The van der Waals surface area contributed by atoms with Crippen LogP contribution in [0.15, 0.2) is 42.0 Å². The van der Waals surface area contributed by atoms with E-state index >= 15 is 0 Å². The lowest BCUT2D eigenvalue weighted by atomic mass is 10.1. The first kappa shape index (κ1) is 17.4. The predicted octanol–water partition coefficient (Wildman–Crippen LogP) is 3.66. The average molecular weight is 290 g/mol. The van der Waals surface area contributed by atoms with Gasteiger partial charge in [-0.15, -0.1) is 0 Å². The van der Waals surface area contributed by atoms with E-state index in [1.807, 2.05) is 39.0 Å². The maximum Gasteiger partial charge on any atom is 0.336 e. The van der Waals surface area contributed by atoms with Crippen LogP contribution in [0.5, 0.6) is 0 Å². The van der Waals surface area contributed by atoms with Gasteiger partial charge in [0.25, 0.3) is 0 Å². The van der Waals surface area contributed by atoms with Gasteiger partial charge < -0.3 is 9.84 Å². The van der Waals surface area contributed by atoms with Crippen molar-refractivity contribution in [3.63, 3.8) is 0 Å². The molecule has 21 heavy (non-hydrogen) atoms. The number of allylic oxidation sites excluding steroid dienone is 1. The fourth-order valence-corrected chi connectivity index (χ4v) is 1.95. The van der Waals surface area contributed by atoms with Crippen LogP contribution < -0.4 is 0 Å². The van der Waals surface area contributed by atoms with Crippen molar-refractivity contribution in [2.24, 2.45) is 0 Å². The van der Waals surface area contributed by atoms with Gasteiger partial charge in [0.15, 0.2) is 0 Å². The molecule has 0 heterocycles. The van der Waals surface area contributed by atoms with Crippen molar-refractivity contribution in [2.75, 3.05) is 6.61 Å². The zero-order chi connectivity index (χ0) is 15.7. The Balaban J connectivity index is 2.34. The summed E-state index contributed by atoms with van der Waals surface area (Å²) in [5.74, 6) is -0.423. The smallest absolute Gasteiger partial charge is 0.336 e. The summed E-state index contributed by atoms with van der Waals surface area (Å²) in [6.07, 6.45) is 5.66. The SMILES string of the molecule is CC(C)(C)OC(=O)/C(=C/CCCCc1ccccc1)CO. The predicted molar refractivity (Wildman–Crippen MR) is 85.0 cm³/mol. The van der Waals surface area contributed by atoms with Gasteiger partial charge in [-0.25, -0.2) is 4.79 Å². The van der Waals surface area contributed by atoms with E-state index in [0.29, 0.717) is 5.57 Å². The zero-order valence-electron chi connectivity index (χ0n) is 13.3. The first-order valence-electron chi connectivity index (χ1n) is 7.49. The van der Waals surface area contributed by atoms with Gasteiger partial charge in [0.2, 0.25) is 0 Å². The van der Waals surface area contributed by atoms with Gasteiger partial charge >= 0.3 is 5.97 Å². The normalized spacial score (nSPS) is 12.3. The van der Waals surface area contributed by atoms with Crippen LogP contribution in [0.3, 0.4) is 0 Å². The number of benzene rings is 1. The number of aliphatic hydroxyl groups is 1. The third-order valence-electron chi connectivity index (χ3n) is 2.98. The van der Waals surface area contributed by atoms with Crippen LogP contribution in [-0.4, -0.2) is 23.3 Å². The standard InChI is InChI=1S/C18H26O3/c1-18(2,3)21-17(20)16(14-19)13-9-5-8-12-15-10-6-4-7-11-15/h4,6-7,10-11,13,19H,5,8-9,12,14H2,1-3H3/b16-13+. The molecule has 0 saturated heterocycles. The molecule has 0 spiro atoms. The van der Waals surface area contributed by atoms with Crippen molar-refractivity contribution in [3.05, 3.63) is 47.5 Å². The number of aliphatic hydroxyl groups excluding tert-OH is 1. The topological polar surface area (TPSA) is 46.5 Å². The number of hydrogen-bond acceptors (Lipinski definition) is 3.